The highest BCUT2D eigenvalue weighted by molar-refractivity contribution is 4.98. The zero-order valence-corrected chi connectivity index (χ0v) is 6.73. The summed E-state index contributed by atoms with van der Waals surface area (Å²) in [5.41, 5.74) is 0.402. The van der Waals surface area contributed by atoms with Gasteiger partial charge in [0, 0.05) is 6.61 Å². The maximum Gasteiger partial charge on any atom is 0.0687 e. The van der Waals surface area contributed by atoms with Gasteiger partial charge in [0.15, 0.2) is 0 Å². The van der Waals surface area contributed by atoms with Crippen LogP contribution in [-0.4, -0.2) is 12.2 Å². The molecule has 58 valence electrons. The SMILES string of the molecule is CC[C@H]1CCOC2(CC2)C1. The second-order valence-electron chi connectivity index (χ2n) is 3.80. The third-order valence-corrected chi connectivity index (χ3v) is 2.98. The topological polar surface area (TPSA) is 9.23 Å². The molecular weight excluding hydrogens is 124 g/mol. The highest BCUT2D eigenvalue weighted by Gasteiger charge is 2.47. The van der Waals surface area contributed by atoms with Gasteiger partial charge in [-0.1, -0.05) is 13.3 Å². The molecule has 1 heterocycles. The van der Waals surface area contributed by atoms with Crippen molar-refractivity contribution >= 4 is 0 Å². The van der Waals surface area contributed by atoms with Gasteiger partial charge in [-0.3, -0.25) is 0 Å². The third kappa shape index (κ3) is 1.07. The van der Waals surface area contributed by atoms with Crippen LogP contribution in [0.25, 0.3) is 0 Å². The lowest BCUT2D eigenvalue weighted by Crippen LogP contribution is -2.26. The molecule has 1 heteroatoms. The van der Waals surface area contributed by atoms with Crippen LogP contribution in [0.15, 0.2) is 0 Å². The molecule has 1 aliphatic carbocycles. The molecule has 1 saturated carbocycles. The molecule has 0 bridgehead atoms. The van der Waals surface area contributed by atoms with Crippen LogP contribution in [0, 0.1) is 5.92 Å². The molecule has 10 heavy (non-hydrogen) atoms. The van der Waals surface area contributed by atoms with E-state index in [2.05, 4.69) is 6.92 Å². The van der Waals surface area contributed by atoms with Crippen molar-refractivity contribution in [2.45, 2.75) is 44.6 Å². The lowest BCUT2D eigenvalue weighted by atomic mass is 9.92. The minimum absolute atomic E-state index is 0.402. The number of hydrogen-bond acceptors (Lipinski definition) is 1. The van der Waals surface area contributed by atoms with Crippen LogP contribution in [0.3, 0.4) is 0 Å². The summed E-state index contributed by atoms with van der Waals surface area (Å²) < 4.78 is 5.71. The number of hydrogen-bond donors (Lipinski definition) is 0. The summed E-state index contributed by atoms with van der Waals surface area (Å²) in [6.07, 6.45) is 6.68. The van der Waals surface area contributed by atoms with Crippen molar-refractivity contribution in [3.8, 4) is 0 Å². The Hall–Kier alpha value is -0.0400. The average molecular weight is 140 g/mol. The fourth-order valence-electron chi connectivity index (χ4n) is 1.97. The van der Waals surface area contributed by atoms with Gasteiger partial charge in [0.05, 0.1) is 5.60 Å². The predicted octanol–water partition coefficient (Wildman–Crippen LogP) is 2.36. The highest BCUT2D eigenvalue weighted by atomic mass is 16.5. The molecule has 2 fully saturated rings. The molecule has 0 unspecified atom stereocenters. The first-order valence-electron chi connectivity index (χ1n) is 4.49. The summed E-state index contributed by atoms with van der Waals surface area (Å²) in [6.45, 7) is 3.32. The summed E-state index contributed by atoms with van der Waals surface area (Å²) in [6, 6.07) is 0. The normalized spacial score (nSPS) is 36.3. The summed E-state index contributed by atoms with van der Waals surface area (Å²) in [7, 11) is 0. The second-order valence-corrected chi connectivity index (χ2v) is 3.80. The number of rotatable bonds is 1. The van der Waals surface area contributed by atoms with E-state index >= 15 is 0 Å². The van der Waals surface area contributed by atoms with E-state index in [1.807, 2.05) is 0 Å². The summed E-state index contributed by atoms with van der Waals surface area (Å²) in [5, 5.41) is 0. The predicted molar refractivity (Wildman–Crippen MR) is 40.9 cm³/mol. The Morgan fingerprint density at radius 1 is 1.50 bits per heavy atom. The van der Waals surface area contributed by atoms with Crippen molar-refractivity contribution in [3.05, 3.63) is 0 Å². The van der Waals surface area contributed by atoms with Gasteiger partial charge in [-0.15, -0.1) is 0 Å². The van der Waals surface area contributed by atoms with Crippen molar-refractivity contribution in [3.63, 3.8) is 0 Å². The zero-order valence-electron chi connectivity index (χ0n) is 6.73. The Balaban J connectivity index is 1.91. The van der Waals surface area contributed by atoms with Gasteiger partial charge >= 0.3 is 0 Å². The molecule has 0 aromatic rings. The lowest BCUT2D eigenvalue weighted by Gasteiger charge is -2.28. The average Bonchev–Trinajstić information content (AvgIpc) is 2.70. The Labute approximate surface area is 62.8 Å². The molecule has 0 aromatic carbocycles. The van der Waals surface area contributed by atoms with Gasteiger partial charge in [-0.05, 0) is 31.6 Å². The van der Waals surface area contributed by atoms with Gasteiger partial charge < -0.3 is 4.74 Å². The van der Waals surface area contributed by atoms with Crippen LogP contribution in [0.4, 0.5) is 0 Å². The maximum absolute atomic E-state index is 5.71. The first-order valence-corrected chi connectivity index (χ1v) is 4.49. The standard InChI is InChI=1S/C9H16O/c1-2-8-3-6-10-9(7-8)4-5-9/h8H,2-7H2,1H3/t8-/m0/s1. The van der Waals surface area contributed by atoms with E-state index in [0.29, 0.717) is 5.60 Å². The molecule has 1 saturated heterocycles. The van der Waals surface area contributed by atoms with E-state index in [1.165, 1.54) is 32.1 Å². The van der Waals surface area contributed by atoms with Crippen molar-refractivity contribution in [1.29, 1.82) is 0 Å². The zero-order chi connectivity index (χ0) is 7.03. The van der Waals surface area contributed by atoms with Gasteiger partial charge in [-0.2, -0.15) is 0 Å². The maximum atomic E-state index is 5.71. The minimum atomic E-state index is 0.402. The molecule has 2 rings (SSSR count). The largest absolute Gasteiger partial charge is 0.375 e. The van der Waals surface area contributed by atoms with Crippen molar-refractivity contribution in [1.82, 2.24) is 0 Å². The van der Waals surface area contributed by atoms with Crippen LogP contribution < -0.4 is 0 Å². The Kier molecular flexibility index (Phi) is 1.48. The molecule has 0 aromatic heterocycles. The molecule has 1 atom stereocenters. The summed E-state index contributed by atoms with van der Waals surface area (Å²) in [5.74, 6) is 0.969. The van der Waals surface area contributed by atoms with Crippen molar-refractivity contribution in [2.75, 3.05) is 6.61 Å². The fraction of sp³-hybridized carbons (Fsp3) is 1.00. The smallest absolute Gasteiger partial charge is 0.0687 e. The van der Waals surface area contributed by atoms with E-state index in [4.69, 9.17) is 4.74 Å². The third-order valence-electron chi connectivity index (χ3n) is 2.98. The van der Waals surface area contributed by atoms with Crippen molar-refractivity contribution in [2.24, 2.45) is 5.92 Å². The monoisotopic (exact) mass is 140 g/mol. The molecule has 1 aliphatic heterocycles. The highest BCUT2D eigenvalue weighted by Crippen LogP contribution is 2.48. The molecule has 0 amide bonds. The van der Waals surface area contributed by atoms with Crippen LogP contribution in [0.2, 0.25) is 0 Å². The molecule has 0 radical (unpaired) electrons. The van der Waals surface area contributed by atoms with Gasteiger partial charge in [-0.25, -0.2) is 0 Å². The van der Waals surface area contributed by atoms with Crippen LogP contribution in [0.5, 0.6) is 0 Å². The Morgan fingerprint density at radius 3 is 2.90 bits per heavy atom. The van der Waals surface area contributed by atoms with E-state index < -0.39 is 0 Å². The summed E-state index contributed by atoms with van der Waals surface area (Å²) >= 11 is 0. The molecule has 2 aliphatic rings. The molecular formula is C9H16O. The second kappa shape index (κ2) is 2.23. The van der Waals surface area contributed by atoms with E-state index in [9.17, 15) is 0 Å². The van der Waals surface area contributed by atoms with E-state index in [0.717, 1.165) is 12.5 Å². The van der Waals surface area contributed by atoms with Crippen LogP contribution in [0.1, 0.15) is 39.0 Å². The fourth-order valence-corrected chi connectivity index (χ4v) is 1.97. The molecule has 0 N–H and O–H groups in total. The van der Waals surface area contributed by atoms with Crippen LogP contribution >= 0.6 is 0 Å². The van der Waals surface area contributed by atoms with E-state index in [1.54, 1.807) is 0 Å². The summed E-state index contributed by atoms with van der Waals surface area (Å²) in [4.78, 5) is 0. The first kappa shape index (κ1) is 6.66. The van der Waals surface area contributed by atoms with Crippen molar-refractivity contribution < 1.29 is 4.74 Å². The minimum Gasteiger partial charge on any atom is -0.375 e. The quantitative estimate of drug-likeness (QED) is 0.543. The lowest BCUT2D eigenvalue weighted by molar-refractivity contribution is -0.0286. The first-order chi connectivity index (χ1) is 4.85. The van der Waals surface area contributed by atoms with E-state index in [-0.39, 0.29) is 0 Å². The van der Waals surface area contributed by atoms with Gasteiger partial charge in [0.2, 0.25) is 0 Å². The van der Waals surface area contributed by atoms with Gasteiger partial charge in [0.25, 0.3) is 0 Å². The Morgan fingerprint density at radius 2 is 2.30 bits per heavy atom. The Bertz CT molecular complexity index is 127. The van der Waals surface area contributed by atoms with Gasteiger partial charge in [0.1, 0.15) is 0 Å². The molecule has 1 nitrogen and oxygen atoms in total. The number of ether oxygens (including phenoxy) is 1. The molecule has 1 spiro atoms. The van der Waals surface area contributed by atoms with Crippen LogP contribution in [-0.2, 0) is 4.74 Å².